The van der Waals surface area contributed by atoms with Gasteiger partial charge >= 0.3 is 0 Å². The first-order chi connectivity index (χ1) is 13.0. The van der Waals surface area contributed by atoms with Gasteiger partial charge in [0.1, 0.15) is 16.4 Å². The maximum absolute atomic E-state index is 12.6. The predicted molar refractivity (Wildman–Crippen MR) is 102 cm³/mol. The van der Waals surface area contributed by atoms with E-state index in [9.17, 15) is 8.42 Å². The minimum absolute atomic E-state index is 0.0860. The third-order valence-corrected chi connectivity index (χ3v) is 4.80. The first-order valence-electron chi connectivity index (χ1n) is 8.03. The fourth-order valence-electron chi connectivity index (χ4n) is 2.30. The van der Waals surface area contributed by atoms with Gasteiger partial charge < -0.3 is 18.9 Å². The average molecular weight is 394 g/mol. The molecule has 0 bridgehead atoms. The quantitative estimate of drug-likeness (QED) is 0.518. The van der Waals surface area contributed by atoms with Gasteiger partial charge in [-0.1, -0.05) is 6.07 Å². The second-order valence-corrected chi connectivity index (χ2v) is 6.81. The van der Waals surface area contributed by atoms with E-state index in [4.69, 9.17) is 18.9 Å². The maximum atomic E-state index is 12.6. The molecule has 27 heavy (non-hydrogen) atoms. The van der Waals surface area contributed by atoms with Crippen LogP contribution in [-0.2, 0) is 10.0 Å². The molecule has 9 heteroatoms. The normalized spacial score (nSPS) is 11.3. The lowest BCUT2D eigenvalue weighted by molar-refractivity contribution is 0.310. The number of nitrogens with zero attached hydrogens (tertiary/aromatic N) is 1. The molecule has 0 spiro atoms. The van der Waals surface area contributed by atoms with Gasteiger partial charge in [0, 0.05) is 11.6 Å². The summed E-state index contributed by atoms with van der Waals surface area (Å²) in [4.78, 5) is 2.08. The number of methoxy groups -OCH3 is 3. The Balaban J connectivity index is 2.31. The Morgan fingerprint density at radius 2 is 1.78 bits per heavy atom. The van der Waals surface area contributed by atoms with Crippen LogP contribution in [0.15, 0.2) is 46.4 Å². The Kier molecular flexibility index (Phi) is 6.89. The highest BCUT2D eigenvalue weighted by Gasteiger charge is 2.20. The van der Waals surface area contributed by atoms with Crippen LogP contribution < -0.4 is 23.8 Å². The monoisotopic (exact) mass is 394 g/mol. The van der Waals surface area contributed by atoms with Crippen molar-refractivity contribution >= 4 is 16.2 Å². The molecular formula is C18H22N2O6S. The molecule has 0 saturated carbocycles. The molecule has 0 aliphatic rings. The zero-order valence-corrected chi connectivity index (χ0v) is 16.4. The van der Waals surface area contributed by atoms with E-state index in [-0.39, 0.29) is 10.6 Å². The molecule has 0 heterocycles. The second kappa shape index (κ2) is 9.13. The third kappa shape index (κ3) is 4.82. The Hall–Kier alpha value is -2.94. The smallest absolute Gasteiger partial charge is 0.280 e. The molecule has 2 rings (SSSR count). The highest BCUT2D eigenvalue weighted by Crippen LogP contribution is 2.30. The summed E-state index contributed by atoms with van der Waals surface area (Å²) in [5.41, 5.74) is 0.566. The van der Waals surface area contributed by atoms with Crippen LogP contribution in [0.1, 0.15) is 12.5 Å². The predicted octanol–water partition coefficient (Wildman–Crippen LogP) is 2.42. The molecule has 146 valence electrons. The molecule has 1 N–H and O–H groups in total. The van der Waals surface area contributed by atoms with Crippen molar-refractivity contribution in [3.8, 4) is 23.0 Å². The topological polar surface area (TPSA) is 95.5 Å². The molecular weight excluding hydrogens is 372 g/mol. The number of para-hydroxylation sites is 1. The van der Waals surface area contributed by atoms with Crippen molar-refractivity contribution < 1.29 is 27.4 Å². The van der Waals surface area contributed by atoms with Crippen molar-refractivity contribution in [2.24, 2.45) is 5.10 Å². The lowest BCUT2D eigenvalue weighted by Gasteiger charge is -2.12. The van der Waals surface area contributed by atoms with E-state index < -0.39 is 10.0 Å². The zero-order chi connectivity index (χ0) is 19.9. The largest absolute Gasteiger partial charge is 0.497 e. The van der Waals surface area contributed by atoms with Crippen LogP contribution in [0.2, 0.25) is 0 Å². The molecule has 2 aromatic carbocycles. The lowest BCUT2D eigenvalue weighted by Crippen LogP contribution is -2.19. The molecule has 0 saturated heterocycles. The number of hydrogen-bond donors (Lipinski definition) is 1. The Bertz CT molecular complexity index is 912. The summed E-state index contributed by atoms with van der Waals surface area (Å²) < 4.78 is 46.2. The SMILES string of the molecule is CCOc1c(/C=N/NS(=O)(=O)c2cc(OC)ccc2OC)cccc1OC. The van der Waals surface area contributed by atoms with Gasteiger partial charge in [-0.25, -0.2) is 0 Å². The maximum Gasteiger partial charge on any atom is 0.280 e. The van der Waals surface area contributed by atoms with E-state index in [1.807, 2.05) is 6.92 Å². The van der Waals surface area contributed by atoms with Crippen LogP contribution in [0.25, 0.3) is 0 Å². The Morgan fingerprint density at radius 3 is 2.41 bits per heavy atom. The van der Waals surface area contributed by atoms with Crippen molar-refractivity contribution in [2.75, 3.05) is 27.9 Å². The number of hydrogen-bond acceptors (Lipinski definition) is 7. The average Bonchev–Trinajstić information content (AvgIpc) is 2.68. The van der Waals surface area contributed by atoms with Crippen molar-refractivity contribution in [1.82, 2.24) is 4.83 Å². The summed E-state index contributed by atoms with van der Waals surface area (Å²) in [6.45, 7) is 2.26. The number of rotatable bonds is 9. The van der Waals surface area contributed by atoms with E-state index in [1.165, 1.54) is 39.7 Å². The van der Waals surface area contributed by atoms with E-state index in [0.717, 1.165) is 0 Å². The van der Waals surface area contributed by atoms with Gasteiger partial charge in [0.15, 0.2) is 11.5 Å². The number of hydrazone groups is 1. The first-order valence-corrected chi connectivity index (χ1v) is 9.51. The van der Waals surface area contributed by atoms with E-state index >= 15 is 0 Å². The summed E-state index contributed by atoms with van der Waals surface area (Å²) in [5.74, 6) is 1.56. The fourth-order valence-corrected chi connectivity index (χ4v) is 3.28. The van der Waals surface area contributed by atoms with Gasteiger partial charge in [-0.3, -0.25) is 0 Å². The summed E-state index contributed by atoms with van der Waals surface area (Å²) >= 11 is 0. The molecule has 0 unspecified atom stereocenters. The van der Waals surface area contributed by atoms with E-state index in [1.54, 1.807) is 24.3 Å². The van der Waals surface area contributed by atoms with Gasteiger partial charge in [0.05, 0.1) is 34.2 Å². The molecule has 0 aliphatic heterocycles. The molecule has 0 aromatic heterocycles. The highest BCUT2D eigenvalue weighted by molar-refractivity contribution is 7.89. The fraction of sp³-hybridized carbons (Fsp3) is 0.278. The van der Waals surface area contributed by atoms with Crippen molar-refractivity contribution in [3.63, 3.8) is 0 Å². The van der Waals surface area contributed by atoms with Crippen molar-refractivity contribution in [3.05, 3.63) is 42.0 Å². The van der Waals surface area contributed by atoms with Gasteiger partial charge in [-0.05, 0) is 31.2 Å². The first kappa shape index (κ1) is 20.4. The van der Waals surface area contributed by atoms with Crippen LogP contribution in [-0.4, -0.2) is 42.6 Å². The van der Waals surface area contributed by atoms with Crippen LogP contribution in [0.4, 0.5) is 0 Å². The van der Waals surface area contributed by atoms with E-state index in [0.29, 0.717) is 29.4 Å². The zero-order valence-electron chi connectivity index (χ0n) is 15.6. The van der Waals surface area contributed by atoms with Gasteiger partial charge in [0.2, 0.25) is 0 Å². The number of nitrogens with one attached hydrogen (secondary N) is 1. The van der Waals surface area contributed by atoms with Gasteiger partial charge in [0.25, 0.3) is 10.0 Å². The molecule has 0 radical (unpaired) electrons. The number of benzene rings is 2. The molecule has 8 nitrogen and oxygen atoms in total. The third-order valence-electron chi connectivity index (χ3n) is 3.55. The van der Waals surface area contributed by atoms with Gasteiger partial charge in [-0.2, -0.15) is 18.4 Å². The summed E-state index contributed by atoms with van der Waals surface area (Å²) in [5, 5.41) is 3.84. The molecule has 0 aliphatic carbocycles. The molecule has 2 aromatic rings. The molecule has 0 atom stereocenters. The summed E-state index contributed by atoms with van der Waals surface area (Å²) in [7, 11) is 0.383. The van der Waals surface area contributed by atoms with Crippen molar-refractivity contribution in [2.45, 2.75) is 11.8 Å². The summed E-state index contributed by atoms with van der Waals surface area (Å²) in [6, 6.07) is 9.69. The second-order valence-electron chi connectivity index (χ2n) is 5.18. The van der Waals surface area contributed by atoms with Crippen LogP contribution in [0.3, 0.4) is 0 Å². The number of sulfonamides is 1. The van der Waals surface area contributed by atoms with E-state index in [2.05, 4.69) is 9.93 Å². The van der Waals surface area contributed by atoms with Crippen molar-refractivity contribution in [1.29, 1.82) is 0 Å². The lowest BCUT2D eigenvalue weighted by atomic mass is 10.2. The number of ether oxygens (including phenoxy) is 4. The van der Waals surface area contributed by atoms with Crippen LogP contribution in [0.5, 0.6) is 23.0 Å². The summed E-state index contributed by atoms with van der Waals surface area (Å²) in [6.07, 6.45) is 1.34. The van der Waals surface area contributed by atoms with Gasteiger partial charge in [-0.15, -0.1) is 0 Å². The Labute approximate surface area is 158 Å². The molecule has 0 fully saturated rings. The minimum Gasteiger partial charge on any atom is -0.497 e. The van der Waals surface area contributed by atoms with Crippen LogP contribution >= 0.6 is 0 Å². The Morgan fingerprint density at radius 1 is 1.04 bits per heavy atom. The molecule has 0 amide bonds. The minimum atomic E-state index is -3.97. The standard InChI is InChI=1S/C18H22N2O6S/c1-5-26-18-13(7-6-8-16(18)25-4)12-19-20-27(21,22)17-11-14(23-2)9-10-15(17)24-3/h6-12,20H,5H2,1-4H3/b19-12+. The van der Waals surface area contributed by atoms with Crippen LogP contribution in [0, 0.1) is 0 Å². The highest BCUT2D eigenvalue weighted by atomic mass is 32.2.